The largest absolute Gasteiger partial charge is 0.493 e. The fourth-order valence-electron chi connectivity index (χ4n) is 4.89. The standard InChI is InChI=1S/C24H30F3N5O4/c1-14(2)21-19-11-18(36-8-5-17-12-32-23(30-17)28-6-7-29-32)4-3-15(19)9-16(10-20(33)34)22(35)31(21)13-24(25,26)27/h3-4,11-12,14,16,21,29H,5-10,13H2,1-2H3,(H,28,30)(H,33,34). The molecule has 0 saturated heterocycles. The molecule has 36 heavy (non-hydrogen) atoms. The molecule has 0 saturated carbocycles. The molecule has 0 bridgehead atoms. The number of carboxylic acid groups (broad SMARTS) is 1. The van der Waals surface area contributed by atoms with Crippen LogP contribution in [0.1, 0.15) is 43.1 Å². The van der Waals surface area contributed by atoms with Gasteiger partial charge in [-0.25, -0.2) is 9.66 Å². The molecule has 0 spiro atoms. The van der Waals surface area contributed by atoms with E-state index in [1.165, 1.54) is 0 Å². The molecule has 9 nitrogen and oxygen atoms in total. The highest BCUT2D eigenvalue weighted by molar-refractivity contribution is 5.84. The Labute approximate surface area is 206 Å². The predicted molar refractivity (Wildman–Crippen MR) is 125 cm³/mol. The molecule has 0 fully saturated rings. The van der Waals surface area contributed by atoms with E-state index in [0.717, 1.165) is 29.6 Å². The third kappa shape index (κ3) is 5.85. The molecule has 2 aliphatic rings. The van der Waals surface area contributed by atoms with E-state index in [9.17, 15) is 27.9 Å². The monoisotopic (exact) mass is 509 g/mol. The van der Waals surface area contributed by atoms with Gasteiger partial charge in [-0.3, -0.25) is 9.59 Å². The molecule has 4 rings (SSSR count). The number of anilines is 1. The van der Waals surface area contributed by atoms with E-state index in [0.29, 0.717) is 29.9 Å². The van der Waals surface area contributed by atoms with E-state index in [2.05, 4.69) is 15.7 Å². The van der Waals surface area contributed by atoms with Crippen LogP contribution in [0.2, 0.25) is 0 Å². The molecular weight excluding hydrogens is 479 g/mol. The number of benzene rings is 1. The van der Waals surface area contributed by atoms with Crippen molar-refractivity contribution in [3.63, 3.8) is 0 Å². The van der Waals surface area contributed by atoms with Crippen molar-refractivity contribution in [2.75, 3.05) is 37.0 Å². The SMILES string of the molecule is CC(C)C1c2cc(OCCc3cn4c(n3)NCCN4)ccc2CC(CC(=O)O)C(=O)N1CC(F)(F)F. The molecule has 12 heteroatoms. The normalized spacial score (nSPS) is 19.7. The Kier molecular flexibility index (Phi) is 7.32. The Bertz CT molecular complexity index is 1090. The summed E-state index contributed by atoms with van der Waals surface area (Å²) in [4.78, 5) is 29.8. The minimum atomic E-state index is -4.62. The van der Waals surface area contributed by atoms with Crippen LogP contribution >= 0.6 is 0 Å². The van der Waals surface area contributed by atoms with Crippen molar-refractivity contribution >= 4 is 17.8 Å². The minimum Gasteiger partial charge on any atom is -0.493 e. The lowest BCUT2D eigenvalue weighted by molar-refractivity contribution is -0.170. The van der Waals surface area contributed by atoms with Crippen LogP contribution in [-0.2, 0) is 22.4 Å². The fourth-order valence-corrected chi connectivity index (χ4v) is 4.89. The molecule has 2 aliphatic heterocycles. The van der Waals surface area contributed by atoms with Crippen LogP contribution in [0.15, 0.2) is 24.4 Å². The number of rotatable bonds is 8. The summed E-state index contributed by atoms with van der Waals surface area (Å²) in [6.45, 7) is 3.92. The number of hydrogen-bond donors (Lipinski definition) is 3. The van der Waals surface area contributed by atoms with E-state index < -0.39 is 43.0 Å². The van der Waals surface area contributed by atoms with Gasteiger partial charge in [0, 0.05) is 19.5 Å². The second kappa shape index (κ2) is 10.3. The maximum absolute atomic E-state index is 13.5. The number of nitrogens with one attached hydrogen (secondary N) is 2. The van der Waals surface area contributed by atoms with Gasteiger partial charge in [0.05, 0.1) is 36.9 Å². The first-order valence-corrected chi connectivity index (χ1v) is 11.9. The number of amides is 1. The zero-order valence-corrected chi connectivity index (χ0v) is 20.1. The van der Waals surface area contributed by atoms with Crippen molar-refractivity contribution in [1.29, 1.82) is 0 Å². The van der Waals surface area contributed by atoms with Gasteiger partial charge < -0.3 is 25.5 Å². The van der Waals surface area contributed by atoms with E-state index >= 15 is 0 Å². The minimum absolute atomic E-state index is 0.0541. The van der Waals surface area contributed by atoms with Crippen molar-refractivity contribution in [2.24, 2.45) is 11.8 Å². The number of aliphatic carboxylic acids is 1. The number of carbonyl (C=O) groups excluding carboxylic acids is 1. The summed E-state index contributed by atoms with van der Waals surface area (Å²) in [6, 6.07) is 4.25. The molecule has 1 aromatic heterocycles. The van der Waals surface area contributed by atoms with Crippen molar-refractivity contribution in [2.45, 2.75) is 45.3 Å². The molecule has 2 unspecified atom stereocenters. The second-order valence-corrected chi connectivity index (χ2v) is 9.49. The summed E-state index contributed by atoms with van der Waals surface area (Å²) in [7, 11) is 0. The number of imidazole rings is 1. The molecule has 1 aromatic carbocycles. The molecular formula is C24H30F3N5O4. The molecule has 2 atom stereocenters. The zero-order chi connectivity index (χ0) is 26.0. The second-order valence-electron chi connectivity index (χ2n) is 9.49. The number of aromatic nitrogens is 2. The Morgan fingerprint density at radius 2 is 2.08 bits per heavy atom. The third-order valence-electron chi connectivity index (χ3n) is 6.35. The van der Waals surface area contributed by atoms with Gasteiger partial charge in [-0.05, 0) is 35.6 Å². The summed E-state index contributed by atoms with van der Waals surface area (Å²) < 4.78 is 48.2. The van der Waals surface area contributed by atoms with Gasteiger partial charge in [-0.15, -0.1) is 0 Å². The molecule has 2 aromatic rings. The predicted octanol–water partition coefficient (Wildman–Crippen LogP) is 3.21. The number of ether oxygens (including phenoxy) is 1. The molecule has 1 amide bonds. The molecule has 196 valence electrons. The summed E-state index contributed by atoms with van der Waals surface area (Å²) >= 11 is 0. The fraction of sp³-hybridized carbons (Fsp3) is 0.542. The smallest absolute Gasteiger partial charge is 0.406 e. The van der Waals surface area contributed by atoms with Gasteiger partial charge in [0.15, 0.2) is 0 Å². The number of halogens is 3. The first-order chi connectivity index (χ1) is 17.0. The lowest BCUT2D eigenvalue weighted by Gasteiger charge is -2.35. The first-order valence-electron chi connectivity index (χ1n) is 11.9. The van der Waals surface area contributed by atoms with Gasteiger partial charge >= 0.3 is 12.1 Å². The number of hydrogen-bond acceptors (Lipinski definition) is 6. The summed E-state index contributed by atoms with van der Waals surface area (Å²) in [5.41, 5.74) is 5.22. The topological polar surface area (TPSA) is 109 Å². The summed E-state index contributed by atoms with van der Waals surface area (Å²) in [5.74, 6) is -2.24. The zero-order valence-electron chi connectivity index (χ0n) is 20.1. The first kappa shape index (κ1) is 25.6. The van der Waals surface area contributed by atoms with Crippen molar-refractivity contribution in [1.82, 2.24) is 14.6 Å². The van der Waals surface area contributed by atoms with Crippen LogP contribution < -0.4 is 15.5 Å². The van der Waals surface area contributed by atoms with Crippen molar-refractivity contribution in [3.05, 3.63) is 41.2 Å². The van der Waals surface area contributed by atoms with Gasteiger partial charge in [0.2, 0.25) is 11.9 Å². The van der Waals surface area contributed by atoms with Crippen LogP contribution in [0.25, 0.3) is 0 Å². The molecule has 0 radical (unpaired) electrons. The third-order valence-corrected chi connectivity index (χ3v) is 6.35. The highest BCUT2D eigenvalue weighted by atomic mass is 19.4. The van der Waals surface area contributed by atoms with Crippen LogP contribution in [0.3, 0.4) is 0 Å². The molecule has 0 aliphatic carbocycles. The average molecular weight is 510 g/mol. The van der Waals surface area contributed by atoms with Crippen molar-refractivity contribution < 1.29 is 32.6 Å². The van der Waals surface area contributed by atoms with Crippen LogP contribution in [-0.4, -0.2) is 64.0 Å². The number of nitrogens with zero attached hydrogens (tertiary/aromatic N) is 3. The van der Waals surface area contributed by atoms with E-state index in [-0.39, 0.29) is 12.3 Å². The Balaban J connectivity index is 1.58. The van der Waals surface area contributed by atoms with Gasteiger partial charge in [0.25, 0.3) is 0 Å². The van der Waals surface area contributed by atoms with Gasteiger partial charge in [-0.1, -0.05) is 19.9 Å². The maximum atomic E-state index is 13.5. The van der Waals surface area contributed by atoms with Gasteiger partial charge in [-0.2, -0.15) is 13.2 Å². The number of carbonyl (C=O) groups is 2. The average Bonchev–Trinajstić information content (AvgIpc) is 3.16. The van der Waals surface area contributed by atoms with E-state index in [4.69, 9.17) is 4.74 Å². The Morgan fingerprint density at radius 1 is 1.31 bits per heavy atom. The van der Waals surface area contributed by atoms with Crippen LogP contribution in [0, 0.1) is 11.8 Å². The lowest BCUT2D eigenvalue weighted by atomic mass is 9.89. The van der Waals surface area contributed by atoms with E-state index in [1.54, 1.807) is 32.0 Å². The number of alkyl halides is 3. The highest BCUT2D eigenvalue weighted by Crippen LogP contribution is 2.40. The molecule has 3 heterocycles. The van der Waals surface area contributed by atoms with Crippen LogP contribution in [0.4, 0.5) is 19.1 Å². The Hall–Kier alpha value is -3.44. The lowest BCUT2D eigenvalue weighted by Crippen LogP contribution is -2.45. The Morgan fingerprint density at radius 3 is 2.75 bits per heavy atom. The number of carboxylic acids is 1. The molecule has 3 N–H and O–H groups in total. The quantitative estimate of drug-likeness (QED) is 0.502. The highest BCUT2D eigenvalue weighted by Gasteiger charge is 2.43. The summed E-state index contributed by atoms with van der Waals surface area (Å²) in [5, 5.41) is 12.5. The maximum Gasteiger partial charge on any atom is 0.406 e. The van der Waals surface area contributed by atoms with Crippen molar-refractivity contribution in [3.8, 4) is 5.75 Å². The number of fused-ring (bicyclic) bond motifs is 2. The van der Waals surface area contributed by atoms with Gasteiger partial charge in [0.1, 0.15) is 12.3 Å². The van der Waals surface area contributed by atoms with E-state index in [1.807, 2.05) is 10.9 Å². The summed E-state index contributed by atoms with van der Waals surface area (Å²) in [6.07, 6.45) is -2.71. The van der Waals surface area contributed by atoms with Crippen LogP contribution in [0.5, 0.6) is 5.75 Å².